The van der Waals surface area contributed by atoms with Gasteiger partial charge in [-0.15, -0.1) is 11.3 Å². The van der Waals surface area contributed by atoms with Crippen LogP contribution in [0.1, 0.15) is 24.1 Å². The molecule has 0 radical (unpaired) electrons. The monoisotopic (exact) mass is 449 g/mol. The number of aromatic nitrogens is 3. The number of methoxy groups -OCH3 is 1. The zero-order chi connectivity index (χ0) is 21.6. The third kappa shape index (κ3) is 4.13. The van der Waals surface area contributed by atoms with Crippen molar-refractivity contribution >= 4 is 33.1 Å². The lowest BCUT2D eigenvalue weighted by Gasteiger charge is -2.46. The Bertz CT molecular complexity index is 1100. The number of anilines is 2. The lowest BCUT2D eigenvalue weighted by Crippen LogP contribution is -2.46. The fraction of sp³-hybridized carbons (Fsp3) is 0.476. The number of fused-ring (bicyclic) bond motifs is 1. The molecule has 31 heavy (non-hydrogen) atoms. The molecular weight excluding hydrogens is 427 g/mol. The van der Waals surface area contributed by atoms with Crippen molar-refractivity contribution < 1.29 is 17.9 Å². The van der Waals surface area contributed by atoms with Crippen molar-refractivity contribution in [3.8, 4) is 5.88 Å². The zero-order valence-electron chi connectivity index (χ0n) is 16.9. The first-order chi connectivity index (χ1) is 14.8. The lowest BCUT2D eigenvalue weighted by atomic mass is 9.65. The van der Waals surface area contributed by atoms with Crippen molar-refractivity contribution in [1.82, 2.24) is 15.0 Å². The summed E-state index contributed by atoms with van der Waals surface area (Å²) in [4.78, 5) is 15.9. The van der Waals surface area contributed by atoms with E-state index in [-0.39, 0.29) is 10.3 Å². The van der Waals surface area contributed by atoms with Gasteiger partial charge in [-0.25, -0.2) is 15.0 Å². The molecule has 2 fully saturated rings. The van der Waals surface area contributed by atoms with Gasteiger partial charge in [0, 0.05) is 42.0 Å². The van der Waals surface area contributed by atoms with Gasteiger partial charge in [0.2, 0.25) is 5.88 Å². The van der Waals surface area contributed by atoms with Crippen molar-refractivity contribution in [3.05, 3.63) is 35.6 Å². The Kier molecular flexibility index (Phi) is 4.91. The van der Waals surface area contributed by atoms with Crippen molar-refractivity contribution in [2.24, 2.45) is 5.41 Å². The quantitative estimate of drug-likeness (QED) is 0.611. The van der Waals surface area contributed by atoms with Gasteiger partial charge in [-0.2, -0.15) is 13.2 Å². The lowest BCUT2D eigenvalue weighted by molar-refractivity contribution is -0.126. The predicted octanol–water partition coefficient (Wildman–Crippen LogP) is 4.67. The van der Waals surface area contributed by atoms with Gasteiger partial charge in [0.1, 0.15) is 17.0 Å². The molecule has 1 saturated carbocycles. The Morgan fingerprint density at radius 3 is 2.87 bits per heavy atom. The molecule has 6 nitrogen and oxygen atoms in total. The topological polar surface area (TPSA) is 63.2 Å². The number of thiophene rings is 1. The van der Waals surface area contributed by atoms with Crippen LogP contribution in [0.15, 0.2) is 30.7 Å². The molecule has 0 unspecified atom stereocenters. The highest BCUT2D eigenvalue weighted by Crippen LogP contribution is 2.50. The number of alkyl halides is 3. The molecule has 1 spiro atoms. The maximum Gasteiger partial charge on any atom is 0.393 e. The van der Waals surface area contributed by atoms with Crippen LogP contribution in [0.3, 0.4) is 0 Å². The number of hydrogen-bond acceptors (Lipinski definition) is 7. The van der Waals surface area contributed by atoms with Gasteiger partial charge < -0.3 is 15.0 Å². The van der Waals surface area contributed by atoms with Crippen LogP contribution >= 0.6 is 11.3 Å². The van der Waals surface area contributed by atoms with E-state index in [0.717, 1.165) is 60.6 Å². The highest BCUT2D eigenvalue weighted by Gasteiger charge is 2.49. The molecule has 1 aliphatic carbocycles. The second-order valence-electron chi connectivity index (χ2n) is 8.43. The van der Waals surface area contributed by atoms with E-state index < -0.39 is 12.6 Å². The predicted molar refractivity (Wildman–Crippen MR) is 114 cm³/mol. The summed E-state index contributed by atoms with van der Waals surface area (Å²) in [5, 5.41) is 4.27. The van der Waals surface area contributed by atoms with Gasteiger partial charge in [-0.05, 0) is 36.8 Å². The molecule has 3 aromatic rings. The number of nitrogens with one attached hydrogen (secondary N) is 1. The van der Waals surface area contributed by atoms with Crippen LogP contribution in [0.5, 0.6) is 5.88 Å². The third-order valence-corrected chi connectivity index (χ3v) is 7.19. The Hall–Kier alpha value is -2.62. The fourth-order valence-corrected chi connectivity index (χ4v) is 5.83. The minimum atomic E-state index is -4.22. The Morgan fingerprint density at radius 2 is 2.10 bits per heavy atom. The fourth-order valence-electron chi connectivity index (χ4n) is 4.81. The van der Waals surface area contributed by atoms with E-state index in [1.807, 2.05) is 12.1 Å². The van der Waals surface area contributed by atoms with E-state index in [0.29, 0.717) is 16.8 Å². The summed E-state index contributed by atoms with van der Waals surface area (Å²) in [6.45, 7) is 1.72. The first kappa shape index (κ1) is 20.3. The summed E-state index contributed by atoms with van der Waals surface area (Å²) in [5.74, 6) is 1.33. The summed E-state index contributed by atoms with van der Waals surface area (Å²) in [6, 6.07) is 5.81. The molecule has 10 heteroatoms. The summed E-state index contributed by atoms with van der Waals surface area (Å²) in [7, 11) is 1.60. The van der Waals surface area contributed by atoms with Gasteiger partial charge in [-0.3, -0.25) is 0 Å². The van der Waals surface area contributed by atoms with E-state index in [4.69, 9.17) is 4.74 Å². The standard InChI is InChI=1S/C21H22F3N5OS/c1-30-17-6-13(2-4-25-17)28-14-8-20(9-14)3-5-29(11-20)18-16-7-15(10-21(22,23)24)31-19(16)27-12-26-18/h2,4,6-7,12,14H,3,5,8-11H2,1H3,(H,25,28). The van der Waals surface area contributed by atoms with E-state index in [9.17, 15) is 13.2 Å². The van der Waals surface area contributed by atoms with Crippen LogP contribution in [0, 0.1) is 5.41 Å². The maximum absolute atomic E-state index is 12.8. The summed E-state index contributed by atoms with van der Waals surface area (Å²) >= 11 is 1.10. The highest BCUT2D eigenvalue weighted by atomic mass is 32.1. The van der Waals surface area contributed by atoms with Gasteiger partial charge in [0.05, 0.1) is 18.9 Å². The van der Waals surface area contributed by atoms with Crippen molar-refractivity contribution in [3.63, 3.8) is 0 Å². The first-order valence-corrected chi connectivity index (χ1v) is 11.0. The largest absolute Gasteiger partial charge is 0.481 e. The second kappa shape index (κ2) is 7.51. The molecule has 1 N–H and O–H groups in total. The number of nitrogens with zero attached hydrogens (tertiary/aromatic N) is 4. The smallest absolute Gasteiger partial charge is 0.393 e. The molecule has 0 amide bonds. The van der Waals surface area contributed by atoms with Crippen LogP contribution in [0.2, 0.25) is 0 Å². The molecular formula is C21H22F3N5OS. The minimum Gasteiger partial charge on any atom is -0.481 e. The molecule has 0 aromatic carbocycles. The van der Waals surface area contributed by atoms with E-state index in [1.54, 1.807) is 19.4 Å². The average Bonchev–Trinajstić information content (AvgIpc) is 3.30. The zero-order valence-corrected chi connectivity index (χ0v) is 17.8. The maximum atomic E-state index is 12.8. The molecule has 3 aromatic heterocycles. The highest BCUT2D eigenvalue weighted by molar-refractivity contribution is 7.18. The number of pyridine rings is 1. The minimum absolute atomic E-state index is 0.219. The van der Waals surface area contributed by atoms with Gasteiger partial charge in [-0.1, -0.05) is 0 Å². The van der Waals surface area contributed by atoms with Crippen molar-refractivity contribution in [2.75, 3.05) is 30.4 Å². The Balaban J connectivity index is 1.26. The summed E-state index contributed by atoms with van der Waals surface area (Å²) < 4.78 is 43.6. The van der Waals surface area contributed by atoms with Crippen molar-refractivity contribution in [1.29, 1.82) is 0 Å². The van der Waals surface area contributed by atoms with Crippen LogP contribution in [0.25, 0.3) is 10.2 Å². The second-order valence-corrected chi connectivity index (χ2v) is 9.54. The first-order valence-electron chi connectivity index (χ1n) is 10.1. The average molecular weight is 450 g/mol. The van der Waals surface area contributed by atoms with Crippen LogP contribution in [-0.4, -0.2) is 47.4 Å². The number of hydrogen-bond donors (Lipinski definition) is 1. The van der Waals surface area contributed by atoms with Crippen LogP contribution in [0.4, 0.5) is 24.7 Å². The number of rotatable bonds is 5. The van der Waals surface area contributed by atoms with E-state index in [1.165, 1.54) is 6.33 Å². The SMILES string of the molecule is COc1cc(NC2CC3(CCN(c4ncnc5sc(CC(F)(F)F)cc45)C3)C2)ccn1. The number of halogens is 3. The normalized spacial score (nSPS) is 23.4. The molecule has 5 rings (SSSR count). The molecule has 0 atom stereocenters. The third-order valence-electron chi connectivity index (χ3n) is 6.15. The summed E-state index contributed by atoms with van der Waals surface area (Å²) in [5.41, 5.74) is 1.21. The van der Waals surface area contributed by atoms with Gasteiger partial charge in [0.15, 0.2) is 0 Å². The Morgan fingerprint density at radius 1 is 1.26 bits per heavy atom. The van der Waals surface area contributed by atoms with Crippen LogP contribution in [-0.2, 0) is 6.42 Å². The van der Waals surface area contributed by atoms with Crippen molar-refractivity contribution in [2.45, 2.75) is 37.9 Å². The Labute approximate surface area is 181 Å². The number of ether oxygens (including phenoxy) is 1. The van der Waals surface area contributed by atoms with Gasteiger partial charge >= 0.3 is 6.18 Å². The summed E-state index contributed by atoms with van der Waals surface area (Å²) in [6.07, 6.45) is 1.18. The molecule has 2 aliphatic rings. The molecule has 1 saturated heterocycles. The van der Waals surface area contributed by atoms with E-state index >= 15 is 0 Å². The van der Waals surface area contributed by atoms with E-state index in [2.05, 4.69) is 25.2 Å². The molecule has 4 heterocycles. The molecule has 0 bridgehead atoms. The molecule has 164 valence electrons. The van der Waals surface area contributed by atoms with Gasteiger partial charge in [0.25, 0.3) is 0 Å². The molecule has 1 aliphatic heterocycles. The van der Waals surface area contributed by atoms with Crippen LogP contribution < -0.4 is 15.0 Å².